The Morgan fingerprint density at radius 2 is 2.12 bits per heavy atom. The average Bonchev–Trinajstić information content (AvgIpc) is 2.95. The normalized spacial score (nSPS) is 26.4. The molecule has 0 radical (unpaired) electrons. The second-order valence-corrected chi connectivity index (χ2v) is 5.85. The fourth-order valence-electron chi connectivity index (χ4n) is 3.00. The van der Waals surface area contributed by atoms with E-state index in [9.17, 15) is 24.6 Å². The molecule has 12 heteroatoms. The number of aliphatic carboxylic acids is 1. The van der Waals surface area contributed by atoms with Gasteiger partial charge in [-0.3, -0.25) is 19.1 Å². The van der Waals surface area contributed by atoms with Crippen LogP contribution in [0.15, 0.2) is 9.59 Å². The zero-order chi connectivity index (χ0) is 18.5. The number of hydrogen-bond acceptors (Lipinski definition) is 8. The van der Waals surface area contributed by atoms with Crippen LogP contribution in [-0.2, 0) is 16.1 Å². The summed E-state index contributed by atoms with van der Waals surface area (Å²) in [4.78, 5) is 42.0. The van der Waals surface area contributed by atoms with Crippen LogP contribution in [0.4, 0.5) is 5.95 Å². The summed E-state index contributed by atoms with van der Waals surface area (Å²) < 4.78 is 7.13. The minimum atomic E-state index is -1.34. The number of aromatic amines is 1. The number of aliphatic hydroxyl groups is 2. The Morgan fingerprint density at radius 1 is 1.44 bits per heavy atom. The molecule has 2 aromatic heterocycles. The first-order valence-corrected chi connectivity index (χ1v) is 7.43. The quantitative estimate of drug-likeness (QED) is 0.393. The van der Waals surface area contributed by atoms with E-state index in [1.807, 2.05) is 0 Å². The van der Waals surface area contributed by atoms with Gasteiger partial charge in [0.2, 0.25) is 5.95 Å². The number of rotatable bonds is 4. The lowest BCUT2D eigenvalue weighted by Crippen LogP contribution is -2.34. The molecule has 4 unspecified atom stereocenters. The van der Waals surface area contributed by atoms with E-state index in [0.717, 1.165) is 9.13 Å². The Morgan fingerprint density at radius 3 is 2.68 bits per heavy atom. The maximum Gasteiger partial charge on any atom is 0.333 e. The van der Waals surface area contributed by atoms with Gasteiger partial charge in [0.1, 0.15) is 12.6 Å². The van der Waals surface area contributed by atoms with Gasteiger partial charge in [0.25, 0.3) is 5.56 Å². The van der Waals surface area contributed by atoms with Crippen LogP contribution in [0.25, 0.3) is 11.2 Å². The lowest BCUT2D eigenvalue weighted by atomic mass is 10.0. The molecule has 0 saturated carbocycles. The number of hydrogen-bond donors (Lipinski definition) is 5. The molecule has 2 aromatic rings. The minimum absolute atomic E-state index is 0.206. The average molecular weight is 355 g/mol. The summed E-state index contributed by atoms with van der Waals surface area (Å²) in [6.07, 6.45) is -3.16. The second kappa shape index (κ2) is 5.98. The van der Waals surface area contributed by atoms with E-state index < -0.39 is 48.1 Å². The van der Waals surface area contributed by atoms with Crippen LogP contribution in [0.2, 0.25) is 0 Å². The SMILES string of the molecule is CC1C(CO)OC(n2c(=O)n(CC(=O)O)c3c(=O)[nH]c(N)nc32)C1O. The highest BCUT2D eigenvalue weighted by Gasteiger charge is 2.43. The van der Waals surface area contributed by atoms with Gasteiger partial charge >= 0.3 is 11.7 Å². The van der Waals surface area contributed by atoms with Crippen LogP contribution in [0, 0.1) is 5.92 Å². The van der Waals surface area contributed by atoms with Gasteiger partial charge in [-0.25, -0.2) is 9.36 Å². The fourth-order valence-corrected chi connectivity index (χ4v) is 3.00. The van der Waals surface area contributed by atoms with Crippen LogP contribution >= 0.6 is 0 Å². The maximum atomic E-state index is 12.7. The smallest absolute Gasteiger partial charge is 0.333 e. The van der Waals surface area contributed by atoms with E-state index in [1.165, 1.54) is 0 Å². The predicted octanol–water partition coefficient (Wildman–Crippen LogP) is -2.56. The zero-order valence-corrected chi connectivity index (χ0v) is 13.1. The highest BCUT2D eigenvalue weighted by Crippen LogP contribution is 2.34. The van der Waals surface area contributed by atoms with Crippen LogP contribution < -0.4 is 17.0 Å². The van der Waals surface area contributed by atoms with E-state index in [1.54, 1.807) is 6.92 Å². The van der Waals surface area contributed by atoms with Crippen molar-refractivity contribution in [3.8, 4) is 0 Å². The van der Waals surface area contributed by atoms with E-state index in [0.29, 0.717) is 0 Å². The molecule has 4 atom stereocenters. The summed E-state index contributed by atoms with van der Waals surface area (Å²) in [5, 5.41) is 28.7. The molecule has 1 aliphatic rings. The van der Waals surface area contributed by atoms with Crippen LogP contribution in [-0.4, -0.2) is 59.2 Å². The topological polar surface area (TPSA) is 186 Å². The fraction of sp³-hybridized carbons (Fsp3) is 0.538. The minimum Gasteiger partial charge on any atom is -0.480 e. The molecular weight excluding hydrogens is 338 g/mol. The molecule has 25 heavy (non-hydrogen) atoms. The number of nitrogen functional groups attached to an aromatic ring is 1. The lowest BCUT2D eigenvalue weighted by Gasteiger charge is -2.16. The third kappa shape index (κ3) is 2.59. The number of H-pyrrole nitrogens is 1. The van der Waals surface area contributed by atoms with E-state index >= 15 is 0 Å². The molecule has 0 aliphatic carbocycles. The maximum absolute atomic E-state index is 12.7. The van der Waals surface area contributed by atoms with Crippen molar-refractivity contribution in [1.29, 1.82) is 0 Å². The van der Waals surface area contributed by atoms with Crippen LogP contribution in [0.1, 0.15) is 13.2 Å². The van der Waals surface area contributed by atoms with Crippen molar-refractivity contribution in [3.63, 3.8) is 0 Å². The number of ether oxygens (including phenoxy) is 1. The number of nitrogens with zero attached hydrogens (tertiary/aromatic N) is 3. The van der Waals surface area contributed by atoms with Gasteiger partial charge in [-0.15, -0.1) is 0 Å². The van der Waals surface area contributed by atoms with Crippen LogP contribution in [0.5, 0.6) is 0 Å². The predicted molar refractivity (Wildman–Crippen MR) is 82.8 cm³/mol. The molecule has 6 N–H and O–H groups in total. The summed E-state index contributed by atoms with van der Waals surface area (Å²) >= 11 is 0. The van der Waals surface area contributed by atoms with E-state index in [4.69, 9.17) is 15.6 Å². The molecule has 1 fully saturated rings. The summed E-state index contributed by atoms with van der Waals surface area (Å²) in [7, 11) is 0. The second-order valence-electron chi connectivity index (χ2n) is 5.85. The molecule has 0 amide bonds. The highest BCUT2D eigenvalue weighted by atomic mass is 16.5. The Labute approximate surface area is 139 Å². The number of aliphatic hydroxyl groups excluding tert-OH is 2. The Balaban J connectivity index is 2.29. The largest absolute Gasteiger partial charge is 0.480 e. The summed E-state index contributed by atoms with van der Waals surface area (Å²) in [6.45, 7) is 0.466. The van der Waals surface area contributed by atoms with Crippen molar-refractivity contribution in [3.05, 3.63) is 20.8 Å². The summed E-state index contributed by atoms with van der Waals surface area (Å²) in [5.74, 6) is -2.12. The molecule has 1 aliphatic heterocycles. The summed E-state index contributed by atoms with van der Waals surface area (Å²) in [6, 6.07) is 0. The summed E-state index contributed by atoms with van der Waals surface area (Å²) in [5.41, 5.74) is 3.33. The highest BCUT2D eigenvalue weighted by molar-refractivity contribution is 5.75. The van der Waals surface area contributed by atoms with Crippen LogP contribution in [0.3, 0.4) is 0 Å². The number of nitrogens with two attached hydrogens (primary N) is 1. The number of anilines is 1. The first-order chi connectivity index (χ1) is 11.8. The van der Waals surface area contributed by atoms with E-state index in [-0.39, 0.29) is 23.7 Å². The molecule has 3 rings (SSSR count). The lowest BCUT2D eigenvalue weighted by molar-refractivity contribution is -0.137. The Kier molecular flexibility index (Phi) is 4.10. The van der Waals surface area contributed by atoms with Gasteiger partial charge in [0, 0.05) is 5.92 Å². The van der Waals surface area contributed by atoms with Gasteiger partial charge in [0.15, 0.2) is 17.4 Å². The third-order valence-corrected chi connectivity index (χ3v) is 4.29. The number of imidazole rings is 1. The van der Waals surface area contributed by atoms with Gasteiger partial charge in [-0.05, 0) is 0 Å². The van der Waals surface area contributed by atoms with Gasteiger partial charge in [0.05, 0.1) is 12.7 Å². The first kappa shape index (κ1) is 17.1. The van der Waals surface area contributed by atoms with Crippen molar-refractivity contribution < 1.29 is 24.9 Å². The van der Waals surface area contributed by atoms with Crippen molar-refractivity contribution in [2.45, 2.75) is 31.9 Å². The number of carboxylic acid groups (broad SMARTS) is 1. The number of fused-ring (bicyclic) bond motifs is 1. The Hall–Kier alpha value is -2.70. The van der Waals surface area contributed by atoms with Gasteiger partial charge in [-0.1, -0.05) is 6.92 Å². The molecule has 0 aromatic carbocycles. The van der Waals surface area contributed by atoms with E-state index in [2.05, 4.69) is 9.97 Å². The molecule has 136 valence electrons. The van der Waals surface area contributed by atoms with Crippen molar-refractivity contribution in [2.75, 3.05) is 12.3 Å². The molecule has 0 bridgehead atoms. The third-order valence-electron chi connectivity index (χ3n) is 4.29. The molecular formula is C13H17N5O7. The monoisotopic (exact) mass is 355 g/mol. The molecule has 12 nitrogen and oxygen atoms in total. The first-order valence-electron chi connectivity index (χ1n) is 7.43. The van der Waals surface area contributed by atoms with Crippen molar-refractivity contribution in [1.82, 2.24) is 19.1 Å². The number of carboxylic acids is 1. The zero-order valence-electron chi connectivity index (χ0n) is 13.1. The standard InChI is InChI=1S/C13H17N5O7/c1-4-5(3-19)25-11(8(4)22)18-9-7(10(23)16-12(14)15-9)17(13(18)24)2-6(20)21/h4-5,8,11,19,22H,2-3H2,1H3,(H,20,21)(H3,14,15,16,23). The van der Waals surface area contributed by atoms with Gasteiger partial charge in [-0.2, -0.15) is 4.98 Å². The number of aromatic nitrogens is 4. The molecule has 3 heterocycles. The van der Waals surface area contributed by atoms with Crippen molar-refractivity contribution in [2.24, 2.45) is 5.92 Å². The molecule has 0 spiro atoms. The molecule has 1 saturated heterocycles. The van der Waals surface area contributed by atoms with Crippen molar-refractivity contribution >= 4 is 23.1 Å². The van der Waals surface area contributed by atoms with Gasteiger partial charge < -0.3 is 25.8 Å². The Bertz CT molecular complexity index is 945. The number of nitrogens with one attached hydrogen (secondary N) is 1. The number of carbonyl (C=O) groups is 1.